The highest BCUT2D eigenvalue weighted by Crippen LogP contribution is 2.61. The van der Waals surface area contributed by atoms with Gasteiger partial charge in [0.25, 0.3) is 0 Å². The number of carbonyl (C=O) groups excluding carboxylic acids is 1. The predicted molar refractivity (Wildman–Crippen MR) is 126 cm³/mol. The number of benzene rings is 3. The summed E-state index contributed by atoms with van der Waals surface area (Å²) >= 11 is 0. The Bertz CT molecular complexity index is 851. The first-order valence-corrected chi connectivity index (χ1v) is 12.2. The number of hydrogen-bond acceptors (Lipinski definition) is 2. The molecule has 32 heavy (non-hydrogen) atoms. The van der Waals surface area contributed by atoms with Crippen molar-refractivity contribution in [3.05, 3.63) is 91.0 Å². The molecule has 0 aliphatic carbocycles. The molecule has 0 saturated carbocycles. The quantitative estimate of drug-likeness (QED) is 0.196. The van der Waals surface area contributed by atoms with Gasteiger partial charge in [-0.25, -0.2) is 4.79 Å². The first-order chi connectivity index (χ1) is 15.2. The van der Waals surface area contributed by atoms with Crippen LogP contribution in [-0.4, -0.2) is 25.5 Å². The molecule has 2 nitrogen and oxygen atoms in total. The van der Waals surface area contributed by atoms with E-state index in [0.717, 1.165) is 6.42 Å². The molecule has 0 spiro atoms. The van der Waals surface area contributed by atoms with Crippen molar-refractivity contribution in [1.82, 2.24) is 0 Å². The third kappa shape index (κ3) is 6.43. The van der Waals surface area contributed by atoms with Crippen LogP contribution in [-0.2, 0) is 9.53 Å². The van der Waals surface area contributed by atoms with Gasteiger partial charge in [-0.3, -0.25) is 0 Å². The second-order valence-electron chi connectivity index (χ2n) is 6.90. The summed E-state index contributed by atoms with van der Waals surface area (Å²) in [6.07, 6.45) is 0.727. The first kappa shape index (κ1) is 25.6. The third-order valence-corrected chi connectivity index (χ3v) is 9.75. The Kier molecular flexibility index (Phi) is 9.46. The lowest BCUT2D eigenvalue weighted by molar-refractivity contribution is -0.142. The lowest BCUT2D eigenvalue weighted by Gasteiger charge is -2.32. The van der Waals surface area contributed by atoms with E-state index in [1.807, 2.05) is 25.1 Å². The highest BCUT2D eigenvalue weighted by atomic mass is 31.2. The van der Waals surface area contributed by atoms with E-state index >= 15 is 0 Å². The van der Waals surface area contributed by atoms with Crippen LogP contribution in [0.15, 0.2) is 91.0 Å². The van der Waals surface area contributed by atoms with Crippen molar-refractivity contribution < 1.29 is 26.8 Å². The van der Waals surface area contributed by atoms with Crippen molar-refractivity contribution in [3.8, 4) is 0 Å². The molecule has 0 aliphatic rings. The van der Waals surface area contributed by atoms with Gasteiger partial charge in [-0.15, -0.1) is 0 Å². The molecule has 3 aromatic carbocycles. The lowest BCUT2D eigenvalue weighted by atomic mass is 10.3. The Labute approximate surface area is 187 Å². The minimum absolute atomic E-state index is 0.107. The maximum absolute atomic E-state index is 13.1. The van der Waals surface area contributed by atoms with E-state index in [0.29, 0.717) is 6.61 Å². The van der Waals surface area contributed by atoms with E-state index in [4.69, 9.17) is 4.74 Å². The average molecular weight is 464 g/mol. The molecule has 3 aromatic rings. The molecule has 0 amide bonds. The van der Waals surface area contributed by atoms with E-state index in [1.165, 1.54) is 15.9 Å². The average Bonchev–Trinajstić information content (AvgIpc) is 2.78. The Hall–Kier alpha value is -2.66. The summed E-state index contributed by atoms with van der Waals surface area (Å²) in [4.78, 5) is 13.1. The maximum atomic E-state index is 13.1. The molecule has 0 fully saturated rings. The Morgan fingerprint density at radius 2 is 1.06 bits per heavy atom. The minimum atomic E-state index is -6.00. The van der Waals surface area contributed by atoms with Crippen molar-refractivity contribution >= 4 is 36.4 Å². The summed E-state index contributed by atoms with van der Waals surface area (Å²) in [6, 6.07) is 31.4. The predicted octanol–water partition coefficient (Wildman–Crippen LogP) is 5.62. The molecule has 0 aliphatic heterocycles. The van der Waals surface area contributed by atoms with Crippen molar-refractivity contribution in [1.29, 1.82) is 0 Å². The zero-order valence-electron chi connectivity index (χ0n) is 18.0. The van der Waals surface area contributed by atoms with E-state index in [9.17, 15) is 22.1 Å². The number of carbonyl (C=O) groups is 1. The van der Waals surface area contributed by atoms with Gasteiger partial charge in [-0.1, -0.05) is 61.5 Å². The van der Waals surface area contributed by atoms with Crippen LogP contribution in [0.5, 0.6) is 0 Å². The molecule has 1 unspecified atom stereocenters. The zero-order chi connectivity index (χ0) is 23.6. The van der Waals surface area contributed by atoms with E-state index in [-0.39, 0.29) is 11.6 Å². The van der Waals surface area contributed by atoms with E-state index in [2.05, 4.69) is 79.7 Å². The standard InChI is InChI=1S/C24H26O2P.BF4/c1-3-23(24(25)26-4-2)27(20-14-8-5-9-15-20,21-16-10-6-11-17-21)22-18-12-7-13-19-22;2-1(3,4)5/h5-19,23H,3-4H2,1-2H3;/q+1;-1. The van der Waals surface area contributed by atoms with Crippen LogP contribution in [0.3, 0.4) is 0 Å². The fourth-order valence-corrected chi connectivity index (χ4v) is 8.65. The molecule has 0 bridgehead atoms. The first-order valence-electron chi connectivity index (χ1n) is 10.3. The van der Waals surface area contributed by atoms with Crippen LogP contribution in [0, 0.1) is 0 Å². The Balaban J connectivity index is 0.000000654. The molecule has 170 valence electrons. The van der Waals surface area contributed by atoms with Gasteiger partial charge in [-0.2, -0.15) is 0 Å². The summed E-state index contributed by atoms with van der Waals surface area (Å²) in [5.41, 5.74) is -0.218. The summed E-state index contributed by atoms with van der Waals surface area (Å²) < 4.78 is 44.6. The highest BCUT2D eigenvalue weighted by Gasteiger charge is 2.55. The monoisotopic (exact) mass is 464 g/mol. The molecule has 1 atom stereocenters. The second kappa shape index (κ2) is 11.8. The van der Waals surface area contributed by atoms with Crippen molar-refractivity contribution in [2.75, 3.05) is 6.61 Å². The summed E-state index contributed by atoms with van der Waals surface area (Å²) in [6.45, 7) is 4.36. The van der Waals surface area contributed by atoms with Crippen LogP contribution in [0.4, 0.5) is 17.3 Å². The number of rotatable bonds is 7. The van der Waals surface area contributed by atoms with Gasteiger partial charge in [0.2, 0.25) is 0 Å². The van der Waals surface area contributed by atoms with Crippen LogP contribution >= 0.6 is 7.26 Å². The van der Waals surface area contributed by atoms with Crippen LogP contribution in [0.2, 0.25) is 0 Å². The van der Waals surface area contributed by atoms with E-state index < -0.39 is 14.5 Å². The summed E-state index contributed by atoms with van der Waals surface area (Å²) in [5, 5.41) is 3.63. The van der Waals surface area contributed by atoms with Gasteiger partial charge in [0.1, 0.15) is 23.2 Å². The lowest BCUT2D eigenvalue weighted by Crippen LogP contribution is -2.42. The van der Waals surface area contributed by atoms with Crippen molar-refractivity contribution in [2.24, 2.45) is 0 Å². The smallest absolute Gasteiger partial charge is 0.463 e. The Morgan fingerprint density at radius 3 is 1.31 bits per heavy atom. The largest absolute Gasteiger partial charge is 0.673 e. The fourth-order valence-electron chi connectivity index (χ4n) is 3.81. The Morgan fingerprint density at radius 1 is 0.750 bits per heavy atom. The van der Waals surface area contributed by atoms with E-state index in [1.54, 1.807) is 0 Å². The molecule has 0 heterocycles. The molecule has 3 rings (SSSR count). The van der Waals surface area contributed by atoms with Crippen LogP contribution < -0.4 is 15.9 Å². The second-order valence-corrected chi connectivity index (χ2v) is 10.5. The fraction of sp³-hybridized carbons (Fsp3) is 0.208. The molecule has 0 radical (unpaired) electrons. The van der Waals surface area contributed by atoms with Crippen molar-refractivity contribution in [2.45, 2.75) is 25.9 Å². The zero-order valence-corrected chi connectivity index (χ0v) is 18.9. The van der Waals surface area contributed by atoms with Gasteiger partial charge in [0.05, 0.1) is 6.61 Å². The third-order valence-electron chi connectivity index (χ3n) is 4.90. The summed E-state index contributed by atoms with van der Waals surface area (Å²) in [5.74, 6) is -0.107. The summed E-state index contributed by atoms with van der Waals surface area (Å²) in [7, 11) is -8.22. The molecular weight excluding hydrogens is 438 g/mol. The van der Waals surface area contributed by atoms with Gasteiger partial charge in [-0.05, 0) is 49.7 Å². The topological polar surface area (TPSA) is 26.3 Å². The molecule has 0 aromatic heterocycles. The van der Waals surface area contributed by atoms with Crippen LogP contribution in [0.25, 0.3) is 0 Å². The van der Waals surface area contributed by atoms with Crippen molar-refractivity contribution in [3.63, 3.8) is 0 Å². The minimum Gasteiger partial charge on any atom is -0.463 e. The maximum Gasteiger partial charge on any atom is 0.673 e. The van der Waals surface area contributed by atoms with Gasteiger partial charge < -0.3 is 22.0 Å². The number of halogens is 4. The normalized spacial score (nSPS) is 12.3. The molecule has 0 N–H and O–H groups in total. The molecule has 8 heteroatoms. The van der Waals surface area contributed by atoms with Gasteiger partial charge in [0, 0.05) is 0 Å². The van der Waals surface area contributed by atoms with Gasteiger partial charge >= 0.3 is 13.2 Å². The van der Waals surface area contributed by atoms with Crippen LogP contribution in [0.1, 0.15) is 20.3 Å². The molecular formula is C24H26BF4O2P. The highest BCUT2D eigenvalue weighted by molar-refractivity contribution is 7.96. The molecule has 0 saturated heterocycles. The number of esters is 1. The number of hydrogen-bond donors (Lipinski definition) is 0. The van der Waals surface area contributed by atoms with Gasteiger partial charge in [0.15, 0.2) is 5.66 Å². The SMILES string of the molecule is CCOC(=O)C(CC)[P+](c1ccccc1)(c1ccccc1)c1ccccc1.F[B-](F)(F)F. The number of ether oxygens (including phenoxy) is 1.